The fraction of sp³-hybridized carbons (Fsp3) is 0.167. The van der Waals surface area contributed by atoms with Gasteiger partial charge in [0.05, 0.1) is 24.5 Å². The zero-order valence-electron chi connectivity index (χ0n) is 16.6. The maximum Gasteiger partial charge on any atom is 0.266 e. The van der Waals surface area contributed by atoms with E-state index in [9.17, 15) is 14.0 Å². The zero-order chi connectivity index (χ0) is 21.5. The Morgan fingerprint density at radius 3 is 2.32 bits per heavy atom. The Balaban J connectivity index is 1.60. The van der Waals surface area contributed by atoms with Crippen LogP contribution in [-0.2, 0) is 14.4 Å². The first-order valence-electron chi connectivity index (χ1n) is 9.87. The van der Waals surface area contributed by atoms with Crippen molar-refractivity contribution in [3.63, 3.8) is 0 Å². The topological polar surface area (TPSA) is 59.1 Å². The molecule has 3 atom stereocenters. The molecule has 0 unspecified atom stereocenters. The summed E-state index contributed by atoms with van der Waals surface area (Å²) in [5, 5.41) is 1.48. The van der Waals surface area contributed by atoms with Gasteiger partial charge in [0.25, 0.3) is 5.91 Å². The number of amides is 2. The number of methoxy groups -OCH3 is 1. The molecular weight excluding hydrogens is 399 g/mol. The smallest absolute Gasteiger partial charge is 0.266 e. The molecule has 0 aliphatic carbocycles. The molecule has 6 nitrogen and oxygen atoms in total. The number of nitrogens with zero attached hydrogens (tertiary/aromatic N) is 2. The summed E-state index contributed by atoms with van der Waals surface area (Å²) in [4.78, 5) is 33.9. The fourth-order valence-electron chi connectivity index (χ4n) is 4.25. The lowest BCUT2D eigenvalue weighted by Gasteiger charge is -2.29. The normalized spacial score (nSPS) is 22.7. The summed E-state index contributed by atoms with van der Waals surface area (Å²) >= 11 is 0. The van der Waals surface area contributed by atoms with Crippen molar-refractivity contribution in [3.8, 4) is 5.75 Å². The summed E-state index contributed by atoms with van der Waals surface area (Å²) in [6, 6.07) is 21.2. The van der Waals surface area contributed by atoms with Crippen molar-refractivity contribution in [2.45, 2.75) is 12.1 Å². The second-order valence-corrected chi connectivity index (χ2v) is 7.39. The Kier molecular flexibility index (Phi) is 4.67. The van der Waals surface area contributed by atoms with E-state index in [0.717, 1.165) is 4.90 Å². The van der Waals surface area contributed by atoms with Crippen LogP contribution in [0.1, 0.15) is 11.6 Å². The zero-order valence-corrected chi connectivity index (χ0v) is 16.6. The van der Waals surface area contributed by atoms with Crippen LogP contribution in [0.15, 0.2) is 78.9 Å². The summed E-state index contributed by atoms with van der Waals surface area (Å²) in [5.41, 5.74) is 1.33. The molecule has 31 heavy (non-hydrogen) atoms. The van der Waals surface area contributed by atoms with Crippen LogP contribution in [0.2, 0.25) is 0 Å². The van der Waals surface area contributed by atoms with E-state index >= 15 is 0 Å². The lowest BCUT2D eigenvalue weighted by molar-refractivity contribution is -0.126. The fourth-order valence-corrected chi connectivity index (χ4v) is 4.25. The van der Waals surface area contributed by atoms with E-state index in [1.807, 2.05) is 18.2 Å². The monoisotopic (exact) mass is 418 g/mol. The molecule has 0 bridgehead atoms. The Morgan fingerprint density at radius 1 is 0.871 bits per heavy atom. The van der Waals surface area contributed by atoms with E-state index in [4.69, 9.17) is 9.57 Å². The van der Waals surface area contributed by atoms with Crippen molar-refractivity contribution in [1.82, 2.24) is 0 Å². The van der Waals surface area contributed by atoms with Crippen LogP contribution in [0.4, 0.5) is 15.8 Å². The van der Waals surface area contributed by atoms with Crippen molar-refractivity contribution >= 4 is 23.2 Å². The number of halogens is 1. The molecule has 7 heteroatoms. The van der Waals surface area contributed by atoms with Crippen molar-refractivity contribution < 1.29 is 23.6 Å². The van der Waals surface area contributed by atoms with Crippen molar-refractivity contribution in [1.29, 1.82) is 0 Å². The number of imide groups is 1. The molecule has 3 aromatic carbocycles. The number of benzene rings is 3. The van der Waals surface area contributed by atoms with Crippen LogP contribution in [0.5, 0.6) is 5.75 Å². The number of hydrogen-bond donors (Lipinski definition) is 0. The predicted molar refractivity (Wildman–Crippen MR) is 112 cm³/mol. The molecule has 2 heterocycles. The highest BCUT2D eigenvalue weighted by molar-refractivity contribution is 6.24. The largest absolute Gasteiger partial charge is 0.497 e. The molecular formula is C24H19FN2O4. The van der Waals surface area contributed by atoms with Gasteiger partial charge in [-0.2, -0.15) is 0 Å². The molecule has 156 valence electrons. The highest BCUT2D eigenvalue weighted by Crippen LogP contribution is 2.48. The minimum atomic E-state index is -1.05. The molecule has 2 aliphatic rings. The number of carbonyl (C=O) groups excluding carboxylic acids is 2. The predicted octanol–water partition coefficient (Wildman–Crippen LogP) is 3.89. The second kappa shape index (κ2) is 7.52. The molecule has 0 spiro atoms. The van der Waals surface area contributed by atoms with Gasteiger partial charge < -0.3 is 4.74 Å². The average Bonchev–Trinajstić information content (AvgIpc) is 3.31. The minimum absolute atomic E-state index is 0.299. The van der Waals surface area contributed by atoms with E-state index in [1.54, 1.807) is 54.6 Å². The van der Waals surface area contributed by atoms with Crippen LogP contribution in [0.25, 0.3) is 0 Å². The van der Waals surface area contributed by atoms with Crippen molar-refractivity contribution in [2.24, 2.45) is 5.92 Å². The van der Waals surface area contributed by atoms with Crippen LogP contribution < -0.4 is 14.7 Å². The van der Waals surface area contributed by atoms with Crippen molar-refractivity contribution in [3.05, 3.63) is 90.2 Å². The Morgan fingerprint density at radius 2 is 1.58 bits per heavy atom. The lowest BCUT2D eigenvalue weighted by Crippen LogP contribution is -2.37. The Hall–Kier alpha value is -3.71. The summed E-state index contributed by atoms with van der Waals surface area (Å²) in [6.45, 7) is 0. The number of hydroxylamine groups is 1. The number of anilines is 2. The molecule has 2 aliphatic heterocycles. The van der Waals surface area contributed by atoms with Gasteiger partial charge in [0.2, 0.25) is 5.91 Å². The highest BCUT2D eigenvalue weighted by atomic mass is 19.1. The second-order valence-electron chi connectivity index (χ2n) is 7.39. The van der Waals surface area contributed by atoms with E-state index in [-0.39, 0.29) is 0 Å². The summed E-state index contributed by atoms with van der Waals surface area (Å²) < 4.78 is 20.0. The molecule has 2 fully saturated rings. The third-order valence-corrected chi connectivity index (χ3v) is 5.66. The minimum Gasteiger partial charge on any atom is -0.497 e. The number of carbonyl (C=O) groups is 2. The van der Waals surface area contributed by atoms with Gasteiger partial charge in [-0.25, -0.2) is 14.4 Å². The molecule has 0 saturated carbocycles. The SMILES string of the molecule is COc1cccc(N2C(=O)[C@H]3[C@H](ON(c4ccccc4)[C@H]3c3ccccc3F)C2=O)c1. The molecule has 3 aromatic rings. The van der Waals surface area contributed by atoms with Gasteiger partial charge in [-0.1, -0.05) is 42.5 Å². The van der Waals surface area contributed by atoms with E-state index in [0.29, 0.717) is 22.7 Å². The van der Waals surface area contributed by atoms with Gasteiger partial charge in [0.15, 0.2) is 6.10 Å². The first-order valence-corrected chi connectivity index (χ1v) is 9.87. The summed E-state index contributed by atoms with van der Waals surface area (Å²) in [6.07, 6.45) is -1.05. The van der Waals surface area contributed by atoms with Crippen LogP contribution in [0, 0.1) is 11.7 Å². The maximum atomic E-state index is 14.8. The number of hydrogen-bond acceptors (Lipinski definition) is 5. The van der Waals surface area contributed by atoms with Gasteiger partial charge in [-0.05, 0) is 30.3 Å². The third-order valence-electron chi connectivity index (χ3n) is 5.66. The number of ether oxygens (including phenoxy) is 1. The number of fused-ring (bicyclic) bond motifs is 1. The van der Waals surface area contributed by atoms with Gasteiger partial charge in [0.1, 0.15) is 17.5 Å². The Labute approximate surface area is 178 Å². The average molecular weight is 418 g/mol. The van der Waals surface area contributed by atoms with Crippen LogP contribution in [0.3, 0.4) is 0 Å². The first-order chi connectivity index (χ1) is 15.1. The number of rotatable bonds is 4. The molecule has 0 N–H and O–H groups in total. The Bertz CT molecular complexity index is 1150. The molecule has 5 rings (SSSR count). The molecule has 2 saturated heterocycles. The summed E-state index contributed by atoms with van der Waals surface area (Å²) in [7, 11) is 1.51. The summed E-state index contributed by atoms with van der Waals surface area (Å²) in [5.74, 6) is -1.75. The quantitative estimate of drug-likeness (QED) is 0.602. The molecule has 0 aromatic heterocycles. The van der Waals surface area contributed by atoms with Gasteiger partial charge in [-0.15, -0.1) is 0 Å². The van der Waals surface area contributed by atoms with Crippen LogP contribution >= 0.6 is 0 Å². The van der Waals surface area contributed by atoms with Crippen LogP contribution in [-0.4, -0.2) is 25.0 Å². The van der Waals surface area contributed by atoms with E-state index in [1.165, 1.54) is 18.2 Å². The third kappa shape index (κ3) is 3.05. The van der Waals surface area contributed by atoms with Gasteiger partial charge in [0, 0.05) is 11.6 Å². The molecule has 0 radical (unpaired) electrons. The van der Waals surface area contributed by atoms with E-state index in [2.05, 4.69) is 0 Å². The number of para-hydroxylation sites is 1. The highest BCUT2D eigenvalue weighted by Gasteiger charge is 2.60. The van der Waals surface area contributed by atoms with Crippen molar-refractivity contribution in [2.75, 3.05) is 17.1 Å². The molecule has 2 amide bonds. The van der Waals surface area contributed by atoms with E-state index < -0.39 is 35.7 Å². The standard InChI is InChI=1S/C24H19FN2O4/c1-30-17-11-7-10-16(14-17)26-23(28)20-21(18-12-5-6-13-19(18)25)27(31-22(20)24(26)29)15-8-3-2-4-9-15/h2-14,20-22H,1H3/t20-,21+,22+/m1/s1. The maximum absolute atomic E-state index is 14.8. The van der Waals surface area contributed by atoms with Gasteiger partial charge in [-0.3, -0.25) is 14.4 Å². The van der Waals surface area contributed by atoms with Gasteiger partial charge >= 0.3 is 0 Å². The lowest BCUT2D eigenvalue weighted by atomic mass is 9.90. The first kappa shape index (κ1) is 19.3.